The lowest BCUT2D eigenvalue weighted by Crippen LogP contribution is -2.40. The van der Waals surface area contributed by atoms with Gasteiger partial charge >= 0.3 is 0 Å². The van der Waals surface area contributed by atoms with Crippen LogP contribution in [0.4, 0.5) is 0 Å². The molecular weight excluding hydrogens is 376 g/mol. The number of ether oxygens (including phenoxy) is 2. The molecule has 0 aromatic heterocycles. The van der Waals surface area contributed by atoms with Gasteiger partial charge in [-0.15, -0.1) is 0 Å². The molecule has 0 amide bonds. The van der Waals surface area contributed by atoms with Gasteiger partial charge in [-0.1, -0.05) is 30.3 Å². The highest BCUT2D eigenvalue weighted by Crippen LogP contribution is 2.28. The van der Waals surface area contributed by atoms with Crippen molar-refractivity contribution in [1.82, 2.24) is 0 Å². The first-order chi connectivity index (χ1) is 11.6. The predicted molar refractivity (Wildman–Crippen MR) is 86.4 cm³/mol. The van der Waals surface area contributed by atoms with E-state index in [0.717, 1.165) is 18.1 Å². The fourth-order valence-electron chi connectivity index (χ4n) is 2.31. The maximum Gasteiger partial charge on any atom is 0.264 e. The van der Waals surface area contributed by atoms with Gasteiger partial charge in [0.2, 0.25) is 0 Å². The van der Waals surface area contributed by atoms with Crippen molar-refractivity contribution >= 4 is 20.2 Å². The second-order valence-electron chi connectivity index (χ2n) is 5.58. The zero-order valence-corrected chi connectivity index (χ0v) is 15.3. The number of rotatable bonds is 8. The summed E-state index contributed by atoms with van der Waals surface area (Å²) in [6.45, 7) is -0.362. The van der Waals surface area contributed by atoms with Gasteiger partial charge in [-0.25, -0.2) is 0 Å². The summed E-state index contributed by atoms with van der Waals surface area (Å²) in [6.07, 6.45) is -3.33. The largest absolute Gasteiger partial charge is 0.368 e. The zero-order chi connectivity index (χ0) is 18.7. The standard InChI is InChI=1S/C14H20O9S2/c1-24(16,17)21-9-11-12(20-8-10-6-4-3-5-7-10)13(14(15)22-11)23-25(2,18)19/h3-7,11-15H,8-9H2,1-2H3/t11-,12-,13?,14-/m1/s1. The van der Waals surface area contributed by atoms with E-state index in [4.69, 9.17) is 13.7 Å². The highest BCUT2D eigenvalue weighted by molar-refractivity contribution is 7.86. The van der Waals surface area contributed by atoms with Gasteiger partial charge in [0.05, 0.1) is 25.7 Å². The van der Waals surface area contributed by atoms with Crippen LogP contribution in [0.1, 0.15) is 5.56 Å². The molecule has 142 valence electrons. The van der Waals surface area contributed by atoms with Crippen LogP contribution in [0.2, 0.25) is 0 Å². The lowest BCUT2D eigenvalue weighted by molar-refractivity contribution is -0.125. The molecule has 1 saturated heterocycles. The minimum atomic E-state index is -3.90. The average Bonchev–Trinajstić information content (AvgIpc) is 2.78. The topological polar surface area (TPSA) is 125 Å². The third-order valence-electron chi connectivity index (χ3n) is 3.30. The number of benzene rings is 1. The summed E-state index contributed by atoms with van der Waals surface area (Å²) >= 11 is 0. The SMILES string of the molecule is CS(=O)(=O)OC[C@H]1O[C@@H](O)C(OS(C)(=O)=O)[C@@H]1OCc1ccccc1. The van der Waals surface area contributed by atoms with Crippen LogP contribution >= 0.6 is 0 Å². The monoisotopic (exact) mass is 396 g/mol. The van der Waals surface area contributed by atoms with Crippen molar-refractivity contribution in [1.29, 1.82) is 0 Å². The fraction of sp³-hybridized carbons (Fsp3) is 0.571. The van der Waals surface area contributed by atoms with Crippen LogP contribution in [0.15, 0.2) is 30.3 Å². The average molecular weight is 396 g/mol. The fourth-order valence-corrected chi connectivity index (χ4v) is 3.30. The molecule has 1 fully saturated rings. The van der Waals surface area contributed by atoms with Gasteiger partial charge in [0, 0.05) is 0 Å². The quantitative estimate of drug-likeness (QED) is 0.585. The Labute approximate surface area is 146 Å². The van der Waals surface area contributed by atoms with E-state index in [1.807, 2.05) is 6.07 Å². The van der Waals surface area contributed by atoms with Gasteiger partial charge < -0.3 is 14.6 Å². The van der Waals surface area contributed by atoms with Crippen LogP contribution in [-0.4, -0.2) is 65.7 Å². The molecule has 1 aliphatic heterocycles. The van der Waals surface area contributed by atoms with Crippen molar-refractivity contribution in [3.05, 3.63) is 35.9 Å². The summed E-state index contributed by atoms with van der Waals surface area (Å²) in [5.41, 5.74) is 0.796. The first-order valence-corrected chi connectivity index (χ1v) is 10.9. The molecular formula is C14H20O9S2. The third kappa shape index (κ3) is 6.62. The highest BCUT2D eigenvalue weighted by Gasteiger charge is 2.48. The normalized spacial score (nSPS) is 27.5. The molecule has 1 aromatic carbocycles. The van der Waals surface area contributed by atoms with Gasteiger partial charge in [0.25, 0.3) is 20.2 Å². The van der Waals surface area contributed by atoms with Crippen LogP contribution in [0.3, 0.4) is 0 Å². The van der Waals surface area contributed by atoms with Crippen LogP contribution in [0, 0.1) is 0 Å². The first kappa shape index (κ1) is 20.2. The van der Waals surface area contributed by atoms with E-state index in [1.54, 1.807) is 24.3 Å². The molecule has 0 spiro atoms. The van der Waals surface area contributed by atoms with E-state index in [9.17, 15) is 21.9 Å². The summed E-state index contributed by atoms with van der Waals surface area (Å²) in [5, 5.41) is 9.92. The molecule has 1 N–H and O–H groups in total. The molecule has 0 saturated carbocycles. The van der Waals surface area contributed by atoms with Crippen molar-refractivity contribution in [3.8, 4) is 0 Å². The van der Waals surface area contributed by atoms with Crippen molar-refractivity contribution in [2.75, 3.05) is 19.1 Å². The van der Waals surface area contributed by atoms with Gasteiger partial charge in [0.1, 0.15) is 12.2 Å². The Bertz CT molecular complexity index is 761. The summed E-state index contributed by atoms with van der Waals surface area (Å²) in [5.74, 6) is 0. The summed E-state index contributed by atoms with van der Waals surface area (Å²) in [4.78, 5) is 0. The molecule has 11 heteroatoms. The Morgan fingerprint density at radius 2 is 1.68 bits per heavy atom. The van der Waals surface area contributed by atoms with Gasteiger partial charge in [-0.3, -0.25) is 8.37 Å². The number of aliphatic hydroxyl groups is 1. The van der Waals surface area contributed by atoms with E-state index >= 15 is 0 Å². The zero-order valence-electron chi connectivity index (χ0n) is 13.6. The summed E-state index contributed by atoms with van der Waals surface area (Å²) in [7, 11) is -7.65. The number of hydrogen-bond acceptors (Lipinski definition) is 9. The summed E-state index contributed by atoms with van der Waals surface area (Å²) in [6, 6.07) is 9.01. The second-order valence-corrected chi connectivity index (χ2v) is 8.82. The smallest absolute Gasteiger partial charge is 0.264 e. The molecule has 1 aromatic rings. The van der Waals surface area contributed by atoms with Gasteiger partial charge in [-0.05, 0) is 5.56 Å². The molecule has 0 radical (unpaired) electrons. The second kappa shape index (κ2) is 8.08. The van der Waals surface area contributed by atoms with E-state index < -0.39 is 51.4 Å². The van der Waals surface area contributed by atoms with Crippen molar-refractivity contribution in [2.24, 2.45) is 0 Å². The molecule has 0 aliphatic carbocycles. The lowest BCUT2D eigenvalue weighted by Gasteiger charge is -2.22. The number of hydrogen-bond donors (Lipinski definition) is 1. The highest BCUT2D eigenvalue weighted by atomic mass is 32.2. The minimum absolute atomic E-state index is 0.0839. The van der Waals surface area contributed by atoms with E-state index in [0.29, 0.717) is 0 Å². The lowest BCUT2D eigenvalue weighted by atomic mass is 10.1. The molecule has 1 heterocycles. The van der Waals surface area contributed by atoms with Crippen LogP contribution in [0.5, 0.6) is 0 Å². The first-order valence-electron chi connectivity index (χ1n) is 7.27. The molecule has 1 aliphatic rings. The Morgan fingerprint density at radius 3 is 2.24 bits per heavy atom. The third-order valence-corrected chi connectivity index (χ3v) is 4.44. The molecule has 1 unspecified atom stereocenters. The van der Waals surface area contributed by atoms with Crippen molar-refractivity contribution in [2.45, 2.75) is 31.2 Å². The van der Waals surface area contributed by atoms with Gasteiger partial charge in [0.15, 0.2) is 12.4 Å². The Morgan fingerprint density at radius 1 is 1.04 bits per heavy atom. The van der Waals surface area contributed by atoms with Crippen LogP contribution in [0.25, 0.3) is 0 Å². The molecule has 0 bridgehead atoms. The number of aliphatic hydroxyl groups excluding tert-OH is 1. The Kier molecular flexibility index (Phi) is 6.54. The molecule has 25 heavy (non-hydrogen) atoms. The Hall–Kier alpha value is -1.08. The van der Waals surface area contributed by atoms with E-state index in [2.05, 4.69) is 4.18 Å². The van der Waals surface area contributed by atoms with Crippen LogP contribution in [-0.2, 0) is 44.7 Å². The molecule has 9 nitrogen and oxygen atoms in total. The van der Waals surface area contributed by atoms with Crippen molar-refractivity contribution < 1.29 is 39.8 Å². The van der Waals surface area contributed by atoms with Gasteiger partial charge in [-0.2, -0.15) is 16.8 Å². The van der Waals surface area contributed by atoms with Crippen LogP contribution < -0.4 is 0 Å². The maximum absolute atomic E-state index is 11.4. The summed E-state index contributed by atoms with van der Waals surface area (Å²) < 4.78 is 65.5. The maximum atomic E-state index is 11.4. The Balaban J connectivity index is 2.13. The molecule has 2 rings (SSSR count). The van der Waals surface area contributed by atoms with E-state index in [-0.39, 0.29) is 6.61 Å². The van der Waals surface area contributed by atoms with E-state index in [1.165, 1.54) is 0 Å². The van der Waals surface area contributed by atoms with Crippen molar-refractivity contribution in [3.63, 3.8) is 0 Å². The minimum Gasteiger partial charge on any atom is -0.368 e. The predicted octanol–water partition coefficient (Wildman–Crippen LogP) is -0.390. The molecule has 4 atom stereocenters.